The first kappa shape index (κ1) is 9.29. The minimum atomic E-state index is 0.275. The summed E-state index contributed by atoms with van der Waals surface area (Å²) in [6, 6.07) is 7.11. The van der Waals surface area contributed by atoms with Gasteiger partial charge in [0.25, 0.3) is 0 Å². The van der Waals surface area contributed by atoms with Crippen LogP contribution in [0.15, 0.2) is 24.3 Å². The minimum Gasteiger partial charge on any atom is -0.508 e. The molecule has 62 valence electrons. The molecule has 1 rings (SSSR count). The van der Waals surface area contributed by atoms with Gasteiger partial charge in [0.15, 0.2) is 0 Å². The average Bonchev–Trinajstić information content (AvgIpc) is 2.09. The fourth-order valence-corrected chi connectivity index (χ4v) is 1.13. The highest BCUT2D eigenvalue weighted by Gasteiger charge is 2.00. The Bertz CT molecular complexity index is 307. The Hall–Kier alpha value is -0.800. The van der Waals surface area contributed by atoms with Crippen LogP contribution in [0.1, 0.15) is 5.56 Å². The van der Waals surface area contributed by atoms with Crippen LogP contribution in [0.3, 0.4) is 0 Å². The molecule has 0 unspecified atom stereocenters. The van der Waals surface area contributed by atoms with Crippen LogP contribution in [0.25, 0.3) is 0 Å². The standard InChI is InChI=1S/C9H8OS2/c10-9-4-2-1-3-7(9)5-8(12)6-11/h1-4,6,10H,5H2. The summed E-state index contributed by atoms with van der Waals surface area (Å²) in [6.45, 7) is 0. The zero-order chi connectivity index (χ0) is 8.97. The molecule has 0 aromatic heterocycles. The highest BCUT2D eigenvalue weighted by Crippen LogP contribution is 2.16. The molecule has 0 spiro atoms. The van der Waals surface area contributed by atoms with Crippen molar-refractivity contribution in [3.05, 3.63) is 29.8 Å². The molecular weight excluding hydrogens is 188 g/mol. The van der Waals surface area contributed by atoms with Gasteiger partial charge in [-0.25, -0.2) is 0 Å². The summed E-state index contributed by atoms with van der Waals surface area (Å²) < 4.78 is 0. The third-order valence-corrected chi connectivity index (χ3v) is 2.18. The molecule has 0 saturated carbocycles. The number of hydrogen-bond donors (Lipinski definition) is 1. The molecule has 0 aliphatic rings. The first-order valence-corrected chi connectivity index (χ1v) is 4.37. The third-order valence-electron chi connectivity index (χ3n) is 1.49. The first-order chi connectivity index (χ1) is 5.74. The Morgan fingerprint density at radius 1 is 1.42 bits per heavy atom. The molecular formula is C9H8OS2. The number of hydrogen-bond acceptors (Lipinski definition) is 3. The Morgan fingerprint density at radius 2 is 2.08 bits per heavy atom. The fraction of sp³-hybridized carbons (Fsp3) is 0.111. The number of phenols is 1. The van der Waals surface area contributed by atoms with Crippen molar-refractivity contribution in [1.29, 1.82) is 0 Å². The van der Waals surface area contributed by atoms with Crippen molar-refractivity contribution in [2.24, 2.45) is 0 Å². The van der Waals surface area contributed by atoms with Crippen LogP contribution in [-0.2, 0) is 6.42 Å². The van der Waals surface area contributed by atoms with Crippen LogP contribution in [0.4, 0.5) is 0 Å². The predicted molar refractivity (Wildman–Crippen MR) is 58.1 cm³/mol. The number of rotatable bonds is 3. The second-order valence-corrected chi connectivity index (χ2v) is 3.15. The lowest BCUT2D eigenvalue weighted by atomic mass is 10.1. The van der Waals surface area contributed by atoms with Crippen LogP contribution in [0.2, 0.25) is 0 Å². The molecule has 3 heteroatoms. The molecule has 1 aromatic rings. The third kappa shape index (κ3) is 2.36. The summed E-state index contributed by atoms with van der Waals surface area (Å²) in [7, 11) is 0. The van der Waals surface area contributed by atoms with Crippen molar-refractivity contribution in [3.8, 4) is 5.75 Å². The van der Waals surface area contributed by atoms with Gasteiger partial charge >= 0.3 is 0 Å². The Labute approximate surface area is 82.0 Å². The maximum absolute atomic E-state index is 9.35. The minimum absolute atomic E-state index is 0.275. The molecule has 0 atom stereocenters. The van der Waals surface area contributed by atoms with E-state index in [0.29, 0.717) is 11.3 Å². The molecule has 0 saturated heterocycles. The first-order valence-electron chi connectivity index (χ1n) is 3.49. The lowest BCUT2D eigenvalue weighted by molar-refractivity contribution is 0.470. The van der Waals surface area contributed by atoms with E-state index in [4.69, 9.17) is 12.2 Å². The Kier molecular flexibility index (Phi) is 3.31. The average molecular weight is 196 g/mol. The van der Waals surface area contributed by atoms with Crippen LogP contribution in [0.5, 0.6) is 5.75 Å². The van der Waals surface area contributed by atoms with Crippen LogP contribution in [0, 0.1) is 0 Å². The van der Waals surface area contributed by atoms with E-state index in [1.165, 1.54) is 5.37 Å². The largest absolute Gasteiger partial charge is 0.508 e. The Morgan fingerprint density at radius 3 is 2.67 bits per heavy atom. The molecule has 1 aromatic carbocycles. The topological polar surface area (TPSA) is 20.2 Å². The molecule has 0 heterocycles. The van der Waals surface area contributed by atoms with Gasteiger partial charge in [0, 0.05) is 16.7 Å². The van der Waals surface area contributed by atoms with Crippen molar-refractivity contribution < 1.29 is 5.11 Å². The SMILES string of the molecule is Oc1ccccc1CC(=S)C=S. The van der Waals surface area contributed by atoms with E-state index >= 15 is 0 Å². The van der Waals surface area contributed by atoms with Gasteiger partial charge in [-0.1, -0.05) is 42.6 Å². The summed E-state index contributed by atoms with van der Waals surface area (Å²) in [6.07, 6.45) is 0.547. The lowest BCUT2D eigenvalue weighted by Crippen LogP contribution is -1.99. The van der Waals surface area contributed by atoms with E-state index in [0.717, 1.165) is 5.56 Å². The van der Waals surface area contributed by atoms with Gasteiger partial charge in [0.05, 0.1) is 0 Å². The van der Waals surface area contributed by atoms with Gasteiger partial charge in [-0.05, 0) is 11.6 Å². The van der Waals surface area contributed by atoms with Crippen molar-refractivity contribution in [1.82, 2.24) is 0 Å². The van der Waals surface area contributed by atoms with Gasteiger partial charge in [0.1, 0.15) is 5.75 Å². The van der Waals surface area contributed by atoms with Gasteiger partial charge < -0.3 is 5.11 Å². The van der Waals surface area contributed by atoms with Crippen LogP contribution in [-0.4, -0.2) is 15.3 Å². The predicted octanol–water partition coefficient (Wildman–Crippen LogP) is 2.30. The molecule has 0 fully saturated rings. The fourth-order valence-electron chi connectivity index (χ4n) is 0.890. The van der Waals surface area contributed by atoms with Gasteiger partial charge in [0.2, 0.25) is 0 Å². The summed E-state index contributed by atoms with van der Waals surface area (Å²) in [4.78, 5) is 0.673. The van der Waals surface area contributed by atoms with Crippen molar-refractivity contribution in [3.63, 3.8) is 0 Å². The van der Waals surface area contributed by atoms with Crippen molar-refractivity contribution in [2.75, 3.05) is 0 Å². The highest BCUT2D eigenvalue weighted by molar-refractivity contribution is 7.88. The van der Waals surface area contributed by atoms with E-state index in [1.54, 1.807) is 12.1 Å². The van der Waals surface area contributed by atoms with Crippen LogP contribution < -0.4 is 0 Å². The summed E-state index contributed by atoms with van der Waals surface area (Å²) in [5.74, 6) is 0.275. The summed E-state index contributed by atoms with van der Waals surface area (Å²) in [5.41, 5.74) is 0.823. The van der Waals surface area contributed by atoms with Gasteiger partial charge in [-0.2, -0.15) is 0 Å². The van der Waals surface area contributed by atoms with Crippen LogP contribution >= 0.6 is 24.4 Å². The summed E-state index contributed by atoms with van der Waals surface area (Å²) in [5, 5.41) is 10.8. The normalized spacial score (nSPS) is 9.33. The number of phenolic OH excluding ortho intramolecular Hbond substituents is 1. The van der Waals surface area contributed by atoms with Gasteiger partial charge in [-0.3, -0.25) is 0 Å². The smallest absolute Gasteiger partial charge is 0.119 e. The zero-order valence-corrected chi connectivity index (χ0v) is 7.99. The van der Waals surface area contributed by atoms with Gasteiger partial charge in [-0.15, -0.1) is 0 Å². The molecule has 1 N–H and O–H groups in total. The molecule has 1 nitrogen and oxygen atoms in total. The van der Waals surface area contributed by atoms with E-state index in [-0.39, 0.29) is 5.75 Å². The molecule has 12 heavy (non-hydrogen) atoms. The highest BCUT2D eigenvalue weighted by atomic mass is 32.1. The zero-order valence-electron chi connectivity index (χ0n) is 6.36. The summed E-state index contributed by atoms with van der Waals surface area (Å²) >= 11 is 9.60. The Balaban J connectivity index is 2.82. The van der Waals surface area contributed by atoms with Crippen molar-refractivity contribution in [2.45, 2.75) is 6.42 Å². The van der Waals surface area contributed by atoms with E-state index in [9.17, 15) is 5.11 Å². The number of benzene rings is 1. The van der Waals surface area contributed by atoms with E-state index in [1.807, 2.05) is 12.1 Å². The number of aromatic hydroxyl groups is 1. The molecule has 0 amide bonds. The lowest BCUT2D eigenvalue weighted by Gasteiger charge is -2.01. The molecule has 0 aliphatic carbocycles. The maximum Gasteiger partial charge on any atom is 0.119 e. The monoisotopic (exact) mass is 196 g/mol. The van der Waals surface area contributed by atoms with E-state index in [2.05, 4.69) is 12.2 Å². The number of thiocarbonyl (C=S) groups is 2. The second kappa shape index (κ2) is 4.28. The molecule has 0 aliphatic heterocycles. The molecule has 0 radical (unpaired) electrons. The van der Waals surface area contributed by atoms with E-state index < -0.39 is 0 Å². The second-order valence-electron chi connectivity index (χ2n) is 2.39. The van der Waals surface area contributed by atoms with Crippen molar-refractivity contribution >= 4 is 34.7 Å². The quantitative estimate of drug-likeness (QED) is 0.749. The maximum atomic E-state index is 9.35. The molecule has 0 bridgehead atoms. The number of para-hydroxylation sites is 1.